The van der Waals surface area contributed by atoms with Gasteiger partial charge in [0.05, 0.1) is 52.0 Å². The molecule has 2 heterocycles. The third kappa shape index (κ3) is 12.9. The van der Waals surface area contributed by atoms with Crippen LogP contribution in [0.2, 0.25) is 0 Å². The molecule has 0 aliphatic carbocycles. The summed E-state index contributed by atoms with van der Waals surface area (Å²) in [7, 11) is -24.4. The molecule has 0 radical (unpaired) electrons. The maximum Gasteiger partial charge on any atom is 0.296 e. The van der Waals surface area contributed by atoms with E-state index in [0.717, 1.165) is 6.07 Å². The van der Waals surface area contributed by atoms with Gasteiger partial charge < -0.3 is 14.6 Å². The van der Waals surface area contributed by atoms with E-state index >= 15 is 0 Å². The number of pyridine rings is 1. The predicted molar refractivity (Wildman–Crippen MR) is 265 cm³/mol. The Kier molecular flexibility index (Phi) is 15.5. The average molecular weight is 1130 g/mol. The Labute approximate surface area is 426 Å². The van der Waals surface area contributed by atoms with Crippen molar-refractivity contribution < 1.29 is 79.4 Å². The van der Waals surface area contributed by atoms with Crippen molar-refractivity contribution in [1.82, 2.24) is 9.38 Å². The summed E-state index contributed by atoms with van der Waals surface area (Å²) in [5, 5.41) is 45.8. The summed E-state index contributed by atoms with van der Waals surface area (Å²) in [6.45, 7) is 3.97. The average Bonchev–Trinajstić information content (AvgIpc) is 3.69. The summed E-state index contributed by atoms with van der Waals surface area (Å²) in [5.41, 5.74) is 1.25. The molecule has 0 unspecified atom stereocenters. The van der Waals surface area contributed by atoms with Gasteiger partial charge in [-0.05, 0) is 98.7 Å². The lowest BCUT2D eigenvalue weighted by Gasteiger charge is -2.13. The van der Waals surface area contributed by atoms with E-state index in [1.807, 2.05) is 0 Å². The highest BCUT2D eigenvalue weighted by Crippen LogP contribution is 2.43. The van der Waals surface area contributed by atoms with Crippen LogP contribution < -0.4 is 9.47 Å². The van der Waals surface area contributed by atoms with Crippen molar-refractivity contribution in [2.75, 3.05) is 24.7 Å². The number of rotatable bonds is 19. The summed E-state index contributed by atoms with van der Waals surface area (Å²) >= 11 is 0. The van der Waals surface area contributed by atoms with Crippen molar-refractivity contribution >= 4 is 112 Å². The number of imidazole rings is 1. The highest BCUT2D eigenvalue weighted by atomic mass is 32.2. The molecule has 0 saturated carbocycles. The van der Waals surface area contributed by atoms with Crippen molar-refractivity contribution in [2.45, 2.75) is 48.3 Å². The Hall–Kier alpha value is -7.45. The van der Waals surface area contributed by atoms with Crippen molar-refractivity contribution in [3.05, 3.63) is 95.1 Å². The standard InChI is InChI=1S/C43H39N9O18S5/c1-23-14-33(37(69-10-6-12-71(54,55)56)21-32(23)47-50-35-19-28-26(17-40(35)75(66,67)68)16-27(73(60,61)62)18-39(28)74(63,64)65)48-46-31-20-38(70-11-7-13-72(57,58)59)34(15-24(31)2)49-51-41-25(3)29(22-44)42-45-30-8-4-5-9-36(30)52(42)43(41)53/h4-5,8-9,14-21,53H,6-7,10-13H2,1-3H3,(H,54,55,56)(H,57,58,59)(H,60,61,62)(H,63,64,65)(H,66,67,68). The van der Waals surface area contributed by atoms with Crippen LogP contribution in [0.1, 0.15) is 35.1 Å². The topological polar surface area (TPSA) is 426 Å². The van der Waals surface area contributed by atoms with Gasteiger partial charge in [0.15, 0.2) is 11.3 Å². The molecule has 32 heteroatoms. The van der Waals surface area contributed by atoms with Crippen LogP contribution in [0, 0.1) is 32.1 Å². The van der Waals surface area contributed by atoms with Gasteiger partial charge >= 0.3 is 0 Å². The molecule has 6 N–H and O–H groups in total. The minimum atomic E-state index is -5.27. The van der Waals surface area contributed by atoms with E-state index in [-0.39, 0.29) is 94.2 Å². The monoisotopic (exact) mass is 1130 g/mol. The molecule has 7 rings (SSSR count). The summed E-state index contributed by atoms with van der Waals surface area (Å²) in [6, 6.07) is 16.8. The molecular weight excluding hydrogens is 1090 g/mol. The molecule has 394 valence electrons. The number of nitrogens with zero attached hydrogens (tertiary/aromatic N) is 9. The van der Waals surface area contributed by atoms with E-state index in [1.165, 1.54) is 35.6 Å². The quantitative estimate of drug-likeness (QED) is 0.0251. The number of nitriles is 1. The van der Waals surface area contributed by atoms with Crippen LogP contribution in [0.25, 0.3) is 27.5 Å². The van der Waals surface area contributed by atoms with Crippen LogP contribution in [0.5, 0.6) is 17.4 Å². The number of aromatic hydroxyl groups is 1. The Morgan fingerprint density at radius 2 is 1.11 bits per heavy atom. The van der Waals surface area contributed by atoms with Crippen LogP contribution >= 0.6 is 0 Å². The van der Waals surface area contributed by atoms with Gasteiger partial charge in [-0.2, -0.15) is 57.6 Å². The fraction of sp³-hybridized carbons (Fsp3) is 0.209. The van der Waals surface area contributed by atoms with Crippen molar-refractivity contribution in [3.8, 4) is 23.4 Å². The summed E-state index contributed by atoms with van der Waals surface area (Å²) in [5.74, 6) is -1.97. The molecule has 0 aliphatic heterocycles. The maximum atomic E-state index is 12.6. The van der Waals surface area contributed by atoms with Gasteiger partial charge in [0.2, 0.25) is 5.88 Å². The van der Waals surface area contributed by atoms with E-state index in [1.54, 1.807) is 38.1 Å². The largest absolute Gasteiger partial charge is 0.493 e. The second-order valence-electron chi connectivity index (χ2n) is 16.2. The molecule has 0 fully saturated rings. The normalized spacial score (nSPS) is 13.0. The number of para-hydroxylation sites is 2. The molecule has 0 saturated heterocycles. The van der Waals surface area contributed by atoms with Crippen LogP contribution in [0.3, 0.4) is 0 Å². The zero-order valence-electron chi connectivity index (χ0n) is 38.8. The Bertz CT molecular complexity index is 4240. The van der Waals surface area contributed by atoms with Crippen LogP contribution in [-0.2, 0) is 50.6 Å². The van der Waals surface area contributed by atoms with Crippen LogP contribution in [0.4, 0.5) is 34.1 Å². The predicted octanol–water partition coefficient (Wildman–Crippen LogP) is 8.44. The second-order valence-corrected chi connectivity index (χ2v) is 23.6. The van der Waals surface area contributed by atoms with Crippen molar-refractivity contribution in [1.29, 1.82) is 5.26 Å². The minimum absolute atomic E-state index is 0.0280. The first-order valence-electron chi connectivity index (χ1n) is 21.2. The van der Waals surface area contributed by atoms with E-state index in [4.69, 9.17) is 9.47 Å². The van der Waals surface area contributed by atoms with E-state index < -0.39 is 93.2 Å². The van der Waals surface area contributed by atoms with E-state index in [9.17, 15) is 75.2 Å². The number of hydrogen-bond acceptors (Lipinski definition) is 21. The zero-order valence-corrected chi connectivity index (χ0v) is 42.9. The van der Waals surface area contributed by atoms with Gasteiger partial charge in [-0.3, -0.25) is 27.2 Å². The van der Waals surface area contributed by atoms with Crippen LogP contribution in [0.15, 0.2) is 118 Å². The zero-order chi connectivity index (χ0) is 55.0. The third-order valence-corrected chi connectivity index (χ3v) is 15.0. The molecule has 0 amide bonds. The number of benzene rings is 5. The maximum absolute atomic E-state index is 12.6. The number of ether oxygens (including phenoxy) is 2. The molecular formula is C43H39N9O18S5. The molecule has 0 aliphatic rings. The molecule has 5 aromatic carbocycles. The second kappa shape index (κ2) is 21.1. The smallest absolute Gasteiger partial charge is 0.296 e. The van der Waals surface area contributed by atoms with Gasteiger partial charge in [-0.25, -0.2) is 4.98 Å². The molecule has 7 aromatic rings. The Balaban J connectivity index is 1.30. The number of aryl methyl sites for hydroxylation is 2. The molecule has 0 spiro atoms. The summed E-state index contributed by atoms with van der Waals surface area (Å²) < 4.78 is 181. The van der Waals surface area contributed by atoms with E-state index in [2.05, 4.69) is 41.7 Å². The molecule has 0 bridgehead atoms. The summed E-state index contributed by atoms with van der Waals surface area (Å²) in [6.07, 6.45) is -0.432. The van der Waals surface area contributed by atoms with E-state index in [0.29, 0.717) is 34.8 Å². The van der Waals surface area contributed by atoms with Gasteiger partial charge in [0, 0.05) is 23.1 Å². The fourth-order valence-electron chi connectivity index (χ4n) is 7.28. The minimum Gasteiger partial charge on any atom is -0.493 e. The SMILES string of the molecule is Cc1cc(N=Nc2c(C)c(C#N)c3nc4ccccc4n3c2O)c(OCCCS(=O)(=O)O)cc1N=Nc1cc(C)c(N=Nc2cc3c(S(=O)(=O)O)cc(S(=O)(=O)O)cc3cc2S(=O)(=O)O)cc1OCCCS(=O)(=O)O. The lowest BCUT2D eigenvalue weighted by atomic mass is 10.1. The first kappa shape index (κ1) is 55.3. The number of aromatic nitrogens is 2. The molecule has 75 heavy (non-hydrogen) atoms. The highest BCUT2D eigenvalue weighted by Gasteiger charge is 2.26. The molecule has 2 aromatic heterocycles. The lowest BCUT2D eigenvalue weighted by molar-refractivity contribution is 0.317. The van der Waals surface area contributed by atoms with Crippen molar-refractivity contribution in [2.24, 2.45) is 30.7 Å². The number of fused-ring (bicyclic) bond motifs is 4. The van der Waals surface area contributed by atoms with Gasteiger partial charge in [-0.15, -0.1) is 20.5 Å². The fourth-order valence-corrected chi connectivity index (χ4v) is 10.2. The molecule has 27 nitrogen and oxygen atoms in total. The first-order valence-corrected chi connectivity index (χ1v) is 28.7. The summed E-state index contributed by atoms with van der Waals surface area (Å²) in [4.78, 5) is 1.33. The van der Waals surface area contributed by atoms with Gasteiger partial charge in [0.25, 0.3) is 50.6 Å². The Morgan fingerprint density at radius 3 is 1.61 bits per heavy atom. The lowest BCUT2D eigenvalue weighted by Crippen LogP contribution is -2.08. The molecule has 0 atom stereocenters. The third-order valence-electron chi connectivity index (χ3n) is 10.8. The Morgan fingerprint density at radius 1 is 0.600 bits per heavy atom. The van der Waals surface area contributed by atoms with Gasteiger partial charge in [0.1, 0.15) is 50.0 Å². The first-order chi connectivity index (χ1) is 34.9. The van der Waals surface area contributed by atoms with Crippen LogP contribution in [-0.4, -0.2) is 104 Å². The number of hydrogen-bond donors (Lipinski definition) is 6. The van der Waals surface area contributed by atoms with Gasteiger partial charge in [-0.1, -0.05) is 12.1 Å². The van der Waals surface area contributed by atoms with Crippen molar-refractivity contribution in [3.63, 3.8) is 0 Å². The number of azo groups is 3. The highest BCUT2D eigenvalue weighted by molar-refractivity contribution is 7.87.